The molecule has 4 rings (SSSR count). The number of aromatic amines is 1. The van der Waals surface area contributed by atoms with E-state index in [1.54, 1.807) is 6.20 Å². The smallest absolute Gasteiger partial charge is 0.326 e. The summed E-state index contributed by atoms with van der Waals surface area (Å²) in [5.41, 5.74) is 7.12. The number of aromatic nitrogens is 1. The Balaban J connectivity index is 1.46. The molecular weight excluding hydrogens is 567 g/mol. The van der Waals surface area contributed by atoms with E-state index in [1.807, 2.05) is 24.3 Å². The third-order valence-corrected chi connectivity index (χ3v) is 9.16. The molecule has 0 spiro atoms. The number of hydrogen-bond acceptors (Lipinski definition) is 6. The molecule has 12 nitrogen and oxygen atoms in total. The van der Waals surface area contributed by atoms with Crippen molar-refractivity contribution >= 4 is 38.8 Å². The molecule has 1 aliphatic rings. The van der Waals surface area contributed by atoms with Gasteiger partial charge in [0, 0.05) is 49.7 Å². The Kier molecular flexibility index (Phi) is 10.1. The minimum atomic E-state index is -3.87. The molecule has 42 heavy (non-hydrogen) atoms. The Labute approximate surface area is 243 Å². The van der Waals surface area contributed by atoms with Gasteiger partial charge in [0.05, 0.1) is 4.90 Å². The standard InChI is InChI=1S/C28H35FN6O6S/c29-20-8-10-21(11-9-20)42(40,41)35-15-13-34(14-16-35)28(39)33-25(17-19-18-31-23-6-2-1-5-22(19)23)26(36)32-24(27(37)38)7-3-4-12-30/h1-2,5-6,8-11,18,24-25,31H,3-4,7,12-17,30H2,(H,32,36)(H,33,39)(H,37,38). The fourth-order valence-electron chi connectivity index (χ4n) is 4.88. The number of fused-ring (bicyclic) bond motifs is 1. The number of nitrogens with two attached hydrogens (primary N) is 1. The van der Waals surface area contributed by atoms with Gasteiger partial charge in [0.25, 0.3) is 0 Å². The fourth-order valence-corrected chi connectivity index (χ4v) is 6.30. The van der Waals surface area contributed by atoms with Crippen LogP contribution in [0, 0.1) is 5.82 Å². The summed E-state index contributed by atoms with van der Waals surface area (Å²) in [4.78, 5) is 43.0. The van der Waals surface area contributed by atoms with E-state index in [0.29, 0.717) is 19.4 Å². The summed E-state index contributed by atoms with van der Waals surface area (Å²) in [6.45, 7) is 0.538. The van der Waals surface area contributed by atoms with Crippen LogP contribution in [0.15, 0.2) is 59.6 Å². The van der Waals surface area contributed by atoms with Crippen molar-refractivity contribution in [1.82, 2.24) is 24.8 Å². The first-order chi connectivity index (χ1) is 20.1. The highest BCUT2D eigenvalue weighted by molar-refractivity contribution is 7.89. The Hall–Kier alpha value is -4.01. The number of para-hydroxylation sites is 1. The average Bonchev–Trinajstić information content (AvgIpc) is 3.39. The number of aliphatic carboxylic acids is 1. The van der Waals surface area contributed by atoms with Gasteiger partial charge in [0.1, 0.15) is 17.9 Å². The summed E-state index contributed by atoms with van der Waals surface area (Å²) in [5, 5.41) is 15.8. The molecule has 0 saturated carbocycles. The lowest BCUT2D eigenvalue weighted by atomic mass is 10.0. The summed E-state index contributed by atoms with van der Waals surface area (Å²) < 4.78 is 40.4. The van der Waals surface area contributed by atoms with Gasteiger partial charge in [0.2, 0.25) is 15.9 Å². The van der Waals surface area contributed by atoms with Crippen molar-refractivity contribution in [2.75, 3.05) is 32.7 Å². The summed E-state index contributed by atoms with van der Waals surface area (Å²) in [6, 6.07) is 9.18. The number of piperazine rings is 1. The third kappa shape index (κ3) is 7.43. The van der Waals surface area contributed by atoms with Crippen LogP contribution in [0.4, 0.5) is 9.18 Å². The molecule has 1 aliphatic heterocycles. The van der Waals surface area contributed by atoms with Gasteiger partial charge in [-0.3, -0.25) is 4.79 Å². The van der Waals surface area contributed by atoms with E-state index in [1.165, 1.54) is 21.3 Å². The molecule has 0 bridgehead atoms. The van der Waals surface area contributed by atoms with E-state index in [2.05, 4.69) is 15.6 Å². The number of carboxylic acid groups (broad SMARTS) is 1. The van der Waals surface area contributed by atoms with E-state index in [4.69, 9.17) is 5.73 Å². The van der Waals surface area contributed by atoms with Crippen molar-refractivity contribution in [2.45, 2.75) is 42.7 Å². The number of sulfonamides is 1. The van der Waals surface area contributed by atoms with Crippen molar-refractivity contribution in [3.05, 3.63) is 66.1 Å². The zero-order valence-corrected chi connectivity index (χ0v) is 23.8. The van der Waals surface area contributed by atoms with Gasteiger partial charge in [-0.05, 0) is 61.7 Å². The van der Waals surface area contributed by atoms with Crippen molar-refractivity contribution in [1.29, 1.82) is 0 Å². The van der Waals surface area contributed by atoms with Crippen LogP contribution in [-0.4, -0.2) is 90.4 Å². The molecule has 0 radical (unpaired) electrons. The van der Waals surface area contributed by atoms with E-state index in [-0.39, 0.29) is 43.9 Å². The third-order valence-electron chi connectivity index (χ3n) is 7.25. The highest BCUT2D eigenvalue weighted by atomic mass is 32.2. The number of benzene rings is 2. The predicted molar refractivity (Wildman–Crippen MR) is 154 cm³/mol. The lowest BCUT2D eigenvalue weighted by Gasteiger charge is -2.34. The molecule has 0 aliphatic carbocycles. The summed E-state index contributed by atoms with van der Waals surface area (Å²) >= 11 is 0. The Morgan fingerprint density at radius 3 is 2.33 bits per heavy atom. The SMILES string of the molecule is NCCCCC(NC(=O)C(Cc1c[nH]c2ccccc12)NC(=O)N1CCN(S(=O)(=O)c2ccc(F)cc2)CC1)C(=O)O. The maximum absolute atomic E-state index is 13.4. The number of urea groups is 1. The summed E-state index contributed by atoms with van der Waals surface area (Å²) in [6.07, 6.45) is 3.15. The quantitative estimate of drug-likeness (QED) is 0.196. The van der Waals surface area contributed by atoms with Crippen LogP contribution >= 0.6 is 0 Å². The van der Waals surface area contributed by atoms with Crippen LogP contribution in [-0.2, 0) is 26.0 Å². The van der Waals surface area contributed by atoms with E-state index in [0.717, 1.165) is 28.6 Å². The maximum Gasteiger partial charge on any atom is 0.326 e. The van der Waals surface area contributed by atoms with Crippen LogP contribution in [0.3, 0.4) is 0 Å². The molecular formula is C28H35FN6O6S. The molecule has 3 aromatic rings. The number of halogens is 1. The Morgan fingerprint density at radius 2 is 1.67 bits per heavy atom. The minimum absolute atomic E-state index is 0.00860. The highest BCUT2D eigenvalue weighted by Gasteiger charge is 2.33. The molecule has 3 amide bonds. The van der Waals surface area contributed by atoms with E-state index >= 15 is 0 Å². The first-order valence-corrected chi connectivity index (χ1v) is 15.1. The first-order valence-electron chi connectivity index (χ1n) is 13.7. The van der Waals surface area contributed by atoms with Gasteiger partial charge in [-0.2, -0.15) is 4.31 Å². The van der Waals surface area contributed by atoms with Gasteiger partial charge >= 0.3 is 12.0 Å². The molecule has 2 unspecified atom stereocenters. The molecule has 1 fully saturated rings. The average molecular weight is 603 g/mol. The number of carboxylic acids is 1. The lowest BCUT2D eigenvalue weighted by Crippen LogP contribution is -2.58. The van der Waals surface area contributed by atoms with Gasteiger partial charge in [-0.25, -0.2) is 22.4 Å². The molecule has 1 saturated heterocycles. The fraction of sp³-hybridized carbons (Fsp3) is 0.393. The van der Waals surface area contributed by atoms with Crippen molar-refractivity contribution in [3.8, 4) is 0 Å². The Bertz CT molecular complexity index is 1500. The molecule has 6 N–H and O–H groups in total. The van der Waals surface area contributed by atoms with Gasteiger partial charge in [-0.15, -0.1) is 0 Å². The van der Waals surface area contributed by atoms with Gasteiger partial charge < -0.3 is 31.4 Å². The zero-order valence-electron chi connectivity index (χ0n) is 23.0. The van der Waals surface area contributed by atoms with Crippen LogP contribution in [0.5, 0.6) is 0 Å². The molecule has 2 aromatic carbocycles. The number of carbonyl (C=O) groups is 3. The number of carbonyl (C=O) groups excluding carboxylic acids is 2. The monoisotopic (exact) mass is 602 g/mol. The number of rotatable bonds is 12. The first kappa shape index (κ1) is 30.9. The second kappa shape index (κ2) is 13.8. The van der Waals surface area contributed by atoms with E-state index < -0.39 is 45.8 Å². The second-order valence-corrected chi connectivity index (χ2v) is 12.0. The maximum atomic E-state index is 13.4. The number of amides is 3. The minimum Gasteiger partial charge on any atom is -0.480 e. The molecule has 14 heteroatoms. The zero-order chi connectivity index (χ0) is 30.3. The number of nitrogens with zero attached hydrogens (tertiary/aromatic N) is 2. The van der Waals surface area contributed by atoms with Gasteiger partial charge in [-0.1, -0.05) is 18.2 Å². The van der Waals surface area contributed by atoms with Gasteiger partial charge in [0.15, 0.2) is 0 Å². The highest BCUT2D eigenvalue weighted by Crippen LogP contribution is 2.21. The number of H-pyrrole nitrogens is 1. The lowest BCUT2D eigenvalue weighted by molar-refractivity contribution is -0.142. The van der Waals surface area contributed by atoms with E-state index in [9.17, 15) is 32.3 Å². The number of hydrogen-bond donors (Lipinski definition) is 5. The van der Waals surface area contributed by atoms with Crippen molar-refractivity contribution in [2.24, 2.45) is 5.73 Å². The van der Waals surface area contributed by atoms with Crippen molar-refractivity contribution in [3.63, 3.8) is 0 Å². The predicted octanol–water partition coefficient (Wildman–Crippen LogP) is 1.63. The number of nitrogens with one attached hydrogen (secondary N) is 3. The summed E-state index contributed by atoms with van der Waals surface area (Å²) in [7, 11) is -3.87. The van der Waals surface area contributed by atoms with Crippen LogP contribution in [0.2, 0.25) is 0 Å². The molecule has 2 atom stereocenters. The van der Waals surface area contributed by atoms with Crippen LogP contribution < -0.4 is 16.4 Å². The summed E-state index contributed by atoms with van der Waals surface area (Å²) in [5.74, 6) is -2.38. The molecule has 226 valence electrons. The van der Waals surface area contributed by atoms with Crippen LogP contribution in [0.1, 0.15) is 24.8 Å². The van der Waals surface area contributed by atoms with Crippen molar-refractivity contribution < 1.29 is 32.3 Å². The molecule has 1 aromatic heterocycles. The molecule has 2 heterocycles. The number of unbranched alkanes of at least 4 members (excludes halogenated alkanes) is 1. The second-order valence-electron chi connectivity index (χ2n) is 10.1. The van der Waals surface area contributed by atoms with Crippen LogP contribution in [0.25, 0.3) is 10.9 Å². The largest absolute Gasteiger partial charge is 0.480 e. The normalized spacial score (nSPS) is 15.7. The topological polar surface area (TPSA) is 178 Å². The Morgan fingerprint density at radius 1 is 0.976 bits per heavy atom.